The van der Waals surface area contributed by atoms with Gasteiger partial charge >= 0.3 is 0 Å². The molecule has 2 aromatic carbocycles. The molecular weight excluding hydrogens is 457 g/mol. The standard InChI is InChI=1S/C13H10Br2IN/c14-10-3-1-9(2-4-10)8-17-11-5-6-12(15)13(16)7-11/h1-7,17H,8H2. The maximum Gasteiger partial charge on any atom is 0.0400 e. The van der Waals surface area contributed by atoms with Gasteiger partial charge < -0.3 is 5.32 Å². The summed E-state index contributed by atoms with van der Waals surface area (Å²) in [4.78, 5) is 0. The maximum absolute atomic E-state index is 3.49. The lowest BCUT2D eigenvalue weighted by molar-refractivity contribution is 1.15. The van der Waals surface area contributed by atoms with Crippen molar-refractivity contribution < 1.29 is 0 Å². The minimum Gasteiger partial charge on any atom is -0.381 e. The minimum atomic E-state index is 0.838. The third-order valence-corrected chi connectivity index (χ3v) is 5.18. The summed E-state index contributed by atoms with van der Waals surface area (Å²) in [5, 5.41) is 3.41. The van der Waals surface area contributed by atoms with Crippen molar-refractivity contribution in [1.29, 1.82) is 0 Å². The van der Waals surface area contributed by atoms with Gasteiger partial charge in [0.2, 0.25) is 0 Å². The van der Waals surface area contributed by atoms with Gasteiger partial charge in [0, 0.05) is 24.7 Å². The molecule has 0 unspecified atom stereocenters. The monoisotopic (exact) mass is 465 g/mol. The van der Waals surface area contributed by atoms with Crippen LogP contribution >= 0.6 is 54.5 Å². The van der Waals surface area contributed by atoms with Crippen LogP contribution in [0.25, 0.3) is 0 Å². The van der Waals surface area contributed by atoms with Crippen molar-refractivity contribution in [3.63, 3.8) is 0 Å². The van der Waals surface area contributed by atoms with E-state index in [9.17, 15) is 0 Å². The number of halogens is 3. The second-order valence-electron chi connectivity index (χ2n) is 3.61. The molecule has 0 aliphatic heterocycles. The molecule has 0 aromatic heterocycles. The lowest BCUT2D eigenvalue weighted by Crippen LogP contribution is -1.99. The van der Waals surface area contributed by atoms with Gasteiger partial charge in [-0.25, -0.2) is 0 Å². The minimum absolute atomic E-state index is 0.838. The number of rotatable bonds is 3. The summed E-state index contributed by atoms with van der Waals surface area (Å²) in [7, 11) is 0. The molecule has 0 heterocycles. The van der Waals surface area contributed by atoms with Crippen LogP contribution in [0.3, 0.4) is 0 Å². The molecule has 0 aliphatic carbocycles. The Labute approximate surface area is 131 Å². The first-order valence-corrected chi connectivity index (χ1v) is 7.75. The Morgan fingerprint density at radius 3 is 2.35 bits per heavy atom. The zero-order chi connectivity index (χ0) is 12.3. The fourth-order valence-corrected chi connectivity index (χ4v) is 2.44. The van der Waals surface area contributed by atoms with Crippen molar-refractivity contribution in [1.82, 2.24) is 0 Å². The summed E-state index contributed by atoms with van der Waals surface area (Å²) in [6, 6.07) is 14.6. The van der Waals surface area contributed by atoms with E-state index in [1.165, 1.54) is 9.13 Å². The molecule has 2 rings (SSSR count). The molecule has 0 bridgehead atoms. The Morgan fingerprint density at radius 1 is 1.00 bits per heavy atom. The number of benzene rings is 2. The van der Waals surface area contributed by atoms with Gasteiger partial charge in [-0.15, -0.1) is 0 Å². The molecule has 88 valence electrons. The highest BCUT2D eigenvalue weighted by atomic mass is 127. The Hall–Kier alpha value is -0.0700. The smallest absolute Gasteiger partial charge is 0.0400 e. The van der Waals surface area contributed by atoms with Gasteiger partial charge in [0.05, 0.1) is 0 Å². The van der Waals surface area contributed by atoms with Crippen LogP contribution in [-0.4, -0.2) is 0 Å². The first kappa shape index (κ1) is 13.4. The first-order chi connectivity index (χ1) is 8.15. The quantitative estimate of drug-likeness (QED) is 0.595. The Kier molecular flexibility index (Phi) is 4.87. The van der Waals surface area contributed by atoms with Gasteiger partial charge in [-0.3, -0.25) is 0 Å². The number of hydrogen-bond donors (Lipinski definition) is 1. The SMILES string of the molecule is Brc1ccc(CNc2ccc(Br)c(I)c2)cc1. The largest absolute Gasteiger partial charge is 0.381 e. The Bertz CT molecular complexity index is 511. The van der Waals surface area contributed by atoms with Gasteiger partial charge in [-0.05, 0) is 74.4 Å². The van der Waals surface area contributed by atoms with Gasteiger partial charge in [0.15, 0.2) is 0 Å². The summed E-state index contributed by atoms with van der Waals surface area (Å²) in [5.41, 5.74) is 2.41. The lowest BCUT2D eigenvalue weighted by Gasteiger charge is -2.08. The summed E-state index contributed by atoms with van der Waals surface area (Å²) in [6.45, 7) is 0.838. The average Bonchev–Trinajstić information content (AvgIpc) is 2.33. The topological polar surface area (TPSA) is 12.0 Å². The van der Waals surface area contributed by atoms with Crippen molar-refractivity contribution in [2.75, 3.05) is 5.32 Å². The van der Waals surface area contributed by atoms with Crippen molar-refractivity contribution >= 4 is 60.1 Å². The second kappa shape index (κ2) is 6.20. The molecule has 17 heavy (non-hydrogen) atoms. The summed E-state index contributed by atoms with van der Waals surface area (Å²) in [6.07, 6.45) is 0. The fraction of sp³-hybridized carbons (Fsp3) is 0.0769. The van der Waals surface area contributed by atoms with Crippen molar-refractivity contribution in [3.05, 3.63) is 60.5 Å². The van der Waals surface area contributed by atoms with E-state index in [4.69, 9.17) is 0 Å². The van der Waals surface area contributed by atoms with Crippen molar-refractivity contribution in [3.8, 4) is 0 Å². The van der Waals surface area contributed by atoms with E-state index >= 15 is 0 Å². The molecule has 1 nitrogen and oxygen atoms in total. The molecule has 0 saturated carbocycles. The van der Waals surface area contributed by atoms with Crippen LogP contribution in [0.5, 0.6) is 0 Å². The van der Waals surface area contributed by atoms with Gasteiger partial charge in [0.1, 0.15) is 0 Å². The van der Waals surface area contributed by atoms with E-state index in [1.54, 1.807) is 0 Å². The molecule has 0 aliphatic rings. The molecular formula is C13H10Br2IN. The van der Waals surface area contributed by atoms with E-state index in [1.807, 2.05) is 0 Å². The molecule has 0 spiro atoms. The van der Waals surface area contributed by atoms with Crippen LogP contribution < -0.4 is 5.32 Å². The first-order valence-electron chi connectivity index (χ1n) is 5.08. The van der Waals surface area contributed by atoms with Crippen LogP contribution in [0.4, 0.5) is 5.69 Å². The molecule has 0 amide bonds. The highest BCUT2D eigenvalue weighted by molar-refractivity contribution is 14.1. The second-order valence-corrected chi connectivity index (χ2v) is 6.54. The van der Waals surface area contributed by atoms with Gasteiger partial charge in [-0.1, -0.05) is 28.1 Å². The van der Waals surface area contributed by atoms with E-state index in [0.717, 1.165) is 21.2 Å². The summed E-state index contributed by atoms with van der Waals surface area (Å²) >= 11 is 9.24. The third-order valence-electron chi connectivity index (χ3n) is 2.33. The van der Waals surface area contributed by atoms with Crippen LogP contribution in [-0.2, 0) is 6.54 Å². The predicted octanol–water partition coefficient (Wildman–Crippen LogP) is 5.43. The van der Waals surface area contributed by atoms with Crippen molar-refractivity contribution in [2.45, 2.75) is 6.54 Å². The van der Waals surface area contributed by atoms with Crippen LogP contribution in [0.15, 0.2) is 51.4 Å². The molecule has 2 aromatic rings. The fourth-order valence-electron chi connectivity index (χ4n) is 1.41. The van der Waals surface area contributed by atoms with Gasteiger partial charge in [-0.2, -0.15) is 0 Å². The highest BCUT2D eigenvalue weighted by Crippen LogP contribution is 2.23. The number of anilines is 1. The molecule has 0 fully saturated rings. The van der Waals surface area contributed by atoms with E-state index in [-0.39, 0.29) is 0 Å². The number of hydrogen-bond acceptors (Lipinski definition) is 1. The average molecular weight is 467 g/mol. The van der Waals surface area contributed by atoms with Crippen LogP contribution in [0.2, 0.25) is 0 Å². The molecule has 4 heteroatoms. The highest BCUT2D eigenvalue weighted by Gasteiger charge is 1.98. The maximum atomic E-state index is 3.49. The summed E-state index contributed by atoms with van der Waals surface area (Å²) in [5.74, 6) is 0. The summed E-state index contributed by atoms with van der Waals surface area (Å²) < 4.78 is 3.45. The number of nitrogens with one attached hydrogen (secondary N) is 1. The zero-order valence-electron chi connectivity index (χ0n) is 8.88. The third kappa shape index (κ3) is 3.96. The normalized spacial score (nSPS) is 10.3. The van der Waals surface area contributed by atoms with Crippen LogP contribution in [0.1, 0.15) is 5.56 Å². The lowest BCUT2D eigenvalue weighted by atomic mass is 10.2. The van der Waals surface area contributed by atoms with E-state index in [0.29, 0.717) is 0 Å². The zero-order valence-corrected chi connectivity index (χ0v) is 14.2. The van der Waals surface area contributed by atoms with Crippen molar-refractivity contribution in [2.24, 2.45) is 0 Å². The Balaban J connectivity index is 2.02. The molecule has 0 radical (unpaired) electrons. The molecule has 0 saturated heterocycles. The molecule has 0 atom stereocenters. The van der Waals surface area contributed by atoms with Crippen LogP contribution in [0, 0.1) is 3.57 Å². The van der Waals surface area contributed by atoms with Gasteiger partial charge in [0.25, 0.3) is 0 Å². The Morgan fingerprint density at radius 2 is 1.71 bits per heavy atom. The van der Waals surface area contributed by atoms with E-state index in [2.05, 4.69) is 102 Å². The van der Waals surface area contributed by atoms with E-state index < -0.39 is 0 Å². The molecule has 1 N–H and O–H groups in total. The predicted molar refractivity (Wildman–Crippen MR) is 88.3 cm³/mol.